The fourth-order valence-electron chi connectivity index (χ4n) is 7.50. The molecule has 1 aliphatic heterocycles. The fourth-order valence-corrected chi connectivity index (χ4v) is 7.50. The maximum absolute atomic E-state index is 14.8. The Bertz CT molecular complexity index is 1540. The number of hydrogen-bond donors (Lipinski definition) is 2. The smallest absolute Gasteiger partial charge is 0.326 e. The Morgan fingerprint density at radius 1 is 0.933 bits per heavy atom. The first kappa shape index (κ1) is 32.6. The molecule has 1 fully saturated rings. The maximum Gasteiger partial charge on any atom is 0.326 e. The summed E-state index contributed by atoms with van der Waals surface area (Å²) in [7, 11) is 3.31. The van der Waals surface area contributed by atoms with Crippen molar-refractivity contribution in [2.75, 3.05) is 14.2 Å². The molecule has 0 radical (unpaired) electrons. The average molecular weight is 613 g/mol. The predicted octanol–water partition coefficient (Wildman–Crippen LogP) is 6.89. The molecule has 1 unspecified atom stereocenters. The molecule has 2 aliphatic rings. The van der Waals surface area contributed by atoms with Gasteiger partial charge in [0.1, 0.15) is 17.5 Å². The lowest BCUT2D eigenvalue weighted by Gasteiger charge is -2.35. The number of carboxylic acid groups (broad SMARTS) is 1. The van der Waals surface area contributed by atoms with Crippen LogP contribution in [0.3, 0.4) is 0 Å². The summed E-state index contributed by atoms with van der Waals surface area (Å²) in [6.07, 6.45) is 1.39. The summed E-state index contributed by atoms with van der Waals surface area (Å²) < 4.78 is 11.2. The number of aliphatic carboxylic acids is 1. The van der Waals surface area contributed by atoms with Crippen molar-refractivity contribution >= 4 is 11.9 Å². The second-order valence-corrected chi connectivity index (χ2v) is 14.6. The minimum atomic E-state index is -1.01. The third kappa shape index (κ3) is 6.32. The van der Waals surface area contributed by atoms with Crippen LogP contribution in [-0.4, -0.2) is 48.2 Å². The molecule has 5 atom stereocenters. The van der Waals surface area contributed by atoms with E-state index < -0.39 is 29.4 Å². The average Bonchev–Trinajstić information content (AvgIpc) is 3.59. The molecule has 0 spiro atoms. The van der Waals surface area contributed by atoms with Crippen LogP contribution in [0.4, 0.5) is 0 Å². The Balaban J connectivity index is 1.61. The molecule has 0 saturated carbocycles. The Labute approximate surface area is 267 Å². The van der Waals surface area contributed by atoms with Gasteiger partial charge < -0.3 is 24.8 Å². The van der Waals surface area contributed by atoms with Crippen LogP contribution in [0.2, 0.25) is 0 Å². The number of hydrogen-bond acceptors (Lipinski definition) is 5. The van der Waals surface area contributed by atoms with Crippen LogP contribution in [0, 0.1) is 11.3 Å². The van der Waals surface area contributed by atoms with Crippen LogP contribution in [-0.2, 0) is 28.0 Å². The molecule has 1 saturated heterocycles. The van der Waals surface area contributed by atoms with Crippen molar-refractivity contribution in [1.82, 2.24) is 10.2 Å². The summed E-state index contributed by atoms with van der Waals surface area (Å²) in [5.74, 6) is -0.367. The summed E-state index contributed by atoms with van der Waals surface area (Å²) in [6, 6.07) is 20.2. The molecule has 2 N–H and O–H groups in total. The number of benzene rings is 3. The lowest BCUT2D eigenvalue weighted by molar-refractivity contribution is -0.152. The first-order valence-corrected chi connectivity index (χ1v) is 15.9. The van der Waals surface area contributed by atoms with Gasteiger partial charge in [-0.05, 0) is 64.1 Å². The summed E-state index contributed by atoms with van der Waals surface area (Å²) in [5, 5.41) is 14.7. The van der Waals surface area contributed by atoms with E-state index in [-0.39, 0.29) is 23.3 Å². The van der Waals surface area contributed by atoms with Gasteiger partial charge in [-0.1, -0.05) is 90.1 Å². The molecule has 5 rings (SSSR count). The molecule has 7 heteroatoms. The minimum absolute atomic E-state index is 0.0475. The van der Waals surface area contributed by atoms with E-state index in [9.17, 15) is 14.7 Å². The highest BCUT2D eigenvalue weighted by Gasteiger charge is 2.58. The summed E-state index contributed by atoms with van der Waals surface area (Å²) >= 11 is 0. The molecular formula is C38H48N2O5. The van der Waals surface area contributed by atoms with Crippen molar-refractivity contribution < 1.29 is 24.2 Å². The lowest BCUT2D eigenvalue weighted by Crippen LogP contribution is -2.48. The van der Waals surface area contributed by atoms with Crippen LogP contribution in [0.25, 0.3) is 0 Å². The van der Waals surface area contributed by atoms with Crippen LogP contribution in [0.15, 0.2) is 66.7 Å². The predicted molar refractivity (Wildman–Crippen MR) is 177 cm³/mol. The summed E-state index contributed by atoms with van der Waals surface area (Å²) in [5.41, 5.74) is 4.68. The Morgan fingerprint density at radius 3 is 2.24 bits per heavy atom. The second kappa shape index (κ2) is 12.5. The number of amides is 1. The first-order valence-electron chi connectivity index (χ1n) is 15.9. The third-order valence-electron chi connectivity index (χ3n) is 9.72. The quantitative estimate of drug-likeness (QED) is 0.288. The van der Waals surface area contributed by atoms with Crippen molar-refractivity contribution in [1.29, 1.82) is 0 Å². The first-order chi connectivity index (χ1) is 21.3. The third-order valence-corrected chi connectivity index (χ3v) is 9.72. The topological polar surface area (TPSA) is 88.1 Å². The van der Waals surface area contributed by atoms with Crippen LogP contribution >= 0.6 is 0 Å². The van der Waals surface area contributed by atoms with Crippen molar-refractivity contribution in [3.63, 3.8) is 0 Å². The van der Waals surface area contributed by atoms with E-state index in [0.29, 0.717) is 13.0 Å². The number of carbonyl (C=O) groups excluding carboxylic acids is 1. The van der Waals surface area contributed by atoms with E-state index >= 15 is 0 Å². The number of rotatable bonds is 8. The highest BCUT2D eigenvalue weighted by atomic mass is 16.5. The van der Waals surface area contributed by atoms with Crippen LogP contribution in [0.1, 0.15) is 87.7 Å². The molecule has 1 heterocycles. The van der Waals surface area contributed by atoms with Crippen molar-refractivity contribution in [2.45, 2.75) is 90.4 Å². The molecule has 3 aromatic rings. The maximum atomic E-state index is 14.8. The van der Waals surface area contributed by atoms with E-state index in [1.54, 1.807) is 19.1 Å². The van der Waals surface area contributed by atoms with Gasteiger partial charge in [-0.15, -0.1) is 0 Å². The number of ether oxygens (including phenoxy) is 2. The number of likely N-dealkylation sites (tertiary alicyclic amines) is 1. The molecule has 0 aromatic heterocycles. The largest absolute Gasteiger partial charge is 0.497 e. The van der Waals surface area contributed by atoms with Crippen molar-refractivity contribution in [2.24, 2.45) is 11.3 Å². The van der Waals surface area contributed by atoms with Gasteiger partial charge in [0.05, 0.1) is 26.2 Å². The Kier molecular flexibility index (Phi) is 9.05. The molecule has 1 amide bonds. The molecule has 7 nitrogen and oxygen atoms in total. The van der Waals surface area contributed by atoms with Gasteiger partial charge in [0.25, 0.3) is 0 Å². The van der Waals surface area contributed by atoms with Crippen LogP contribution in [0.5, 0.6) is 11.5 Å². The van der Waals surface area contributed by atoms with E-state index in [4.69, 9.17) is 9.47 Å². The minimum Gasteiger partial charge on any atom is -0.497 e. The van der Waals surface area contributed by atoms with Gasteiger partial charge in [0, 0.05) is 24.1 Å². The zero-order chi connectivity index (χ0) is 32.7. The fraction of sp³-hybridized carbons (Fsp3) is 0.474. The van der Waals surface area contributed by atoms with Gasteiger partial charge in [0.2, 0.25) is 5.91 Å². The molecule has 0 bridgehead atoms. The summed E-state index contributed by atoms with van der Waals surface area (Å²) in [4.78, 5) is 29.8. The molecular weight excluding hydrogens is 564 g/mol. The molecule has 45 heavy (non-hydrogen) atoms. The van der Waals surface area contributed by atoms with Gasteiger partial charge >= 0.3 is 5.97 Å². The number of carboxylic acids is 1. The highest BCUT2D eigenvalue weighted by molar-refractivity contribution is 5.90. The SMILES string of the molecule is COc1ccc2c(c1)CCC2C(=O)N1[C@H](C(=O)O)[C@@H](C(C)(C)C)[C@H](NCc2cc(C(C)(C)C)ccc2OC)[C@@H]1c1ccccc1. The van der Waals surface area contributed by atoms with E-state index in [0.717, 1.165) is 40.2 Å². The Hall–Kier alpha value is -3.84. The van der Waals surface area contributed by atoms with Crippen LogP contribution < -0.4 is 14.8 Å². The molecule has 3 aromatic carbocycles. The monoisotopic (exact) mass is 612 g/mol. The number of nitrogens with one attached hydrogen (secondary N) is 1. The second-order valence-electron chi connectivity index (χ2n) is 14.6. The van der Waals surface area contributed by atoms with Gasteiger partial charge in [-0.25, -0.2) is 4.79 Å². The zero-order valence-corrected chi connectivity index (χ0v) is 27.9. The van der Waals surface area contributed by atoms with E-state index in [1.807, 2.05) is 54.6 Å². The molecule has 240 valence electrons. The van der Waals surface area contributed by atoms with Gasteiger partial charge in [-0.3, -0.25) is 4.79 Å². The Morgan fingerprint density at radius 2 is 1.64 bits per heavy atom. The van der Waals surface area contributed by atoms with E-state index in [2.05, 4.69) is 59.0 Å². The molecule has 1 aliphatic carbocycles. The van der Waals surface area contributed by atoms with E-state index in [1.165, 1.54) is 5.56 Å². The lowest BCUT2D eigenvalue weighted by atomic mass is 9.72. The van der Waals surface area contributed by atoms with Gasteiger partial charge in [-0.2, -0.15) is 0 Å². The number of fused-ring (bicyclic) bond motifs is 1. The number of carbonyl (C=O) groups is 2. The zero-order valence-electron chi connectivity index (χ0n) is 27.9. The standard InChI is InChI=1S/C38H48N2O5/c1-37(2,3)26-15-19-30(45-8)25(20-26)22-39-32-31(38(4,5)6)34(36(42)43)40(33(32)23-12-10-9-11-13-23)35(41)29-17-14-24-21-27(44-7)16-18-28(24)29/h9-13,15-16,18-21,29,31-34,39H,14,17,22H2,1-8H3,(H,42,43)/t29?,31-,32-,33-,34-/m0/s1. The number of aryl methyl sites for hydroxylation is 1. The normalized spacial score (nSPS) is 23.1. The number of nitrogens with zero attached hydrogens (tertiary/aromatic N) is 1. The summed E-state index contributed by atoms with van der Waals surface area (Å²) in [6.45, 7) is 13.3. The highest BCUT2D eigenvalue weighted by Crippen LogP contribution is 2.50. The van der Waals surface area contributed by atoms with Crippen molar-refractivity contribution in [3.05, 3.63) is 94.5 Å². The number of methoxy groups -OCH3 is 2. The van der Waals surface area contributed by atoms with Gasteiger partial charge in [0.15, 0.2) is 0 Å². The van der Waals surface area contributed by atoms with Crippen molar-refractivity contribution in [3.8, 4) is 11.5 Å².